The van der Waals surface area contributed by atoms with E-state index in [0.29, 0.717) is 12.5 Å². The van der Waals surface area contributed by atoms with Crippen molar-refractivity contribution in [2.45, 2.75) is 71.8 Å². The summed E-state index contributed by atoms with van der Waals surface area (Å²) in [5.74, 6) is -0.263. The van der Waals surface area contributed by atoms with Crippen molar-refractivity contribution in [1.29, 1.82) is 0 Å². The maximum Gasteiger partial charge on any atom is 0.228 e. The summed E-state index contributed by atoms with van der Waals surface area (Å²) in [5.41, 5.74) is 4.24. The van der Waals surface area contributed by atoms with Crippen molar-refractivity contribution in [3.8, 4) is 0 Å². The summed E-state index contributed by atoms with van der Waals surface area (Å²) in [4.78, 5) is 25.0. The number of anilines is 1. The van der Waals surface area contributed by atoms with Crippen molar-refractivity contribution in [3.05, 3.63) is 28.8 Å². The molecule has 1 aromatic rings. The predicted molar refractivity (Wildman–Crippen MR) is 101 cm³/mol. The Morgan fingerprint density at radius 3 is 2.04 bits per heavy atom. The summed E-state index contributed by atoms with van der Waals surface area (Å²) in [6, 6.07) is 4.46. The topological polar surface area (TPSA) is 58.2 Å². The molecule has 0 aromatic heterocycles. The number of nitrogens with one attached hydrogen (secondary N) is 2. The molecule has 2 aliphatic carbocycles. The van der Waals surface area contributed by atoms with Crippen molar-refractivity contribution in [2.75, 3.05) is 5.32 Å². The van der Waals surface area contributed by atoms with Crippen LogP contribution in [-0.4, -0.2) is 17.9 Å². The third kappa shape index (κ3) is 4.42. The Balaban J connectivity index is 1.54. The van der Waals surface area contributed by atoms with Crippen LogP contribution < -0.4 is 10.6 Å². The van der Waals surface area contributed by atoms with Crippen LogP contribution in [0.25, 0.3) is 0 Å². The molecular formula is C21H30N2O2. The molecule has 2 N–H and O–H groups in total. The number of carbonyl (C=O) groups is 2. The van der Waals surface area contributed by atoms with Crippen LogP contribution >= 0.6 is 0 Å². The maximum atomic E-state index is 12.5. The Kier molecular flexibility index (Phi) is 5.45. The fraction of sp³-hybridized carbons (Fsp3) is 0.619. The first-order valence-electron chi connectivity index (χ1n) is 9.65. The molecule has 4 nitrogen and oxygen atoms in total. The molecule has 2 amide bonds. The van der Waals surface area contributed by atoms with Gasteiger partial charge in [-0.05, 0) is 51.2 Å². The van der Waals surface area contributed by atoms with Crippen LogP contribution in [0.2, 0.25) is 0 Å². The third-order valence-electron chi connectivity index (χ3n) is 5.59. The fourth-order valence-corrected chi connectivity index (χ4v) is 4.10. The fourth-order valence-electron chi connectivity index (χ4n) is 4.10. The summed E-state index contributed by atoms with van der Waals surface area (Å²) < 4.78 is 0. The lowest BCUT2D eigenvalue weighted by atomic mass is 10.0. The van der Waals surface area contributed by atoms with Crippen LogP contribution in [-0.2, 0) is 9.59 Å². The zero-order valence-corrected chi connectivity index (χ0v) is 15.7. The zero-order chi connectivity index (χ0) is 18.0. The molecule has 2 unspecified atom stereocenters. The molecule has 0 aliphatic heterocycles. The predicted octanol–water partition coefficient (Wildman–Crippen LogP) is 4.03. The van der Waals surface area contributed by atoms with E-state index < -0.39 is 0 Å². The highest BCUT2D eigenvalue weighted by molar-refractivity contribution is 6.00. The molecule has 0 saturated heterocycles. The minimum Gasteiger partial charge on any atom is -0.353 e. The smallest absolute Gasteiger partial charge is 0.228 e. The van der Waals surface area contributed by atoms with Crippen LogP contribution in [0.15, 0.2) is 12.1 Å². The number of rotatable bonds is 4. The van der Waals surface area contributed by atoms with Gasteiger partial charge in [-0.2, -0.15) is 0 Å². The average molecular weight is 342 g/mol. The van der Waals surface area contributed by atoms with E-state index in [0.717, 1.165) is 29.7 Å². The van der Waals surface area contributed by atoms with Gasteiger partial charge >= 0.3 is 0 Å². The summed E-state index contributed by atoms with van der Waals surface area (Å²) in [6.07, 6.45) is 7.78. The van der Waals surface area contributed by atoms with Crippen molar-refractivity contribution in [3.63, 3.8) is 0 Å². The van der Waals surface area contributed by atoms with Crippen LogP contribution in [0, 0.1) is 32.6 Å². The van der Waals surface area contributed by atoms with Gasteiger partial charge in [-0.3, -0.25) is 9.59 Å². The Labute approximate surface area is 150 Å². The highest BCUT2D eigenvalue weighted by atomic mass is 16.2. The van der Waals surface area contributed by atoms with E-state index in [4.69, 9.17) is 0 Å². The minimum absolute atomic E-state index is 0.0175. The standard InChI is InChI=1S/C21H30N2O2/c1-13-10-14(2)19(15(3)11-13)23-21(25)18-12-17(18)20(24)22-16-8-6-4-5-7-9-16/h10-11,16-18H,4-9,12H2,1-3H3,(H,22,24)(H,23,25). The molecule has 1 aromatic carbocycles. The average Bonchev–Trinajstić information content (AvgIpc) is 3.35. The summed E-state index contributed by atoms with van der Waals surface area (Å²) in [6.45, 7) is 6.08. The quantitative estimate of drug-likeness (QED) is 0.812. The molecule has 2 aliphatic rings. The molecule has 2 saturated carbocycles. The van der Waals surface area contributed by atoms with E-state index in [9.17, 15) is 9.59 Å². The summed E-state index contributed by atoms with van der Waals surface area (Å²) in [5, 5.41) is 6.23. The number of amides is 2. The highest BCUT2D eigenvalue weighted by Crippen LogP contribution is 2.40. The van der Waals surface area contributed by atoms with Crippen LogP contribution in [0.3, 0.4) is 0 Å². The monoisotopic (exact) mass is 342 g/mol. The van der Waals surface area contributed by atoms with E-state index in [2.05, 4.69) is 29.7 Å². The van der Waals surface area contributed by atoms with Crippen molar-refractivity contribution >= 4 is 17.5 Å². The van der Waals surface area contributed by atoms with Gasteiger partial charge < -0.3 is 10.6 Å². The van der Waals surface area contributed by atoms with Crippen LogP contribution in [0.1, 0.15) is 61.6 Å². The zero-order valence-electron chi connectivity index (χ0n) is 15.7. The Morgan fingerprint density at radius 1 is 0.880 bits per heavy atom. The van der Waals surface area contributed by atoms with Gasteiger partial charge in [-0.15, -0.1) is 0 Å². The first-order chi connectivity index (χ1) is 12.0. The third-order valence-corrected chi connectivity index (χ3v) is 5.59. The van der Waals surface area contributed by atoms with E-state index >= 15 is 0 Å². The van der Waals surface area contributed by atoms with Gasteiger partial charge in [0.15, 0.2) is 0 Å². The molecule has 0 spiro atoms. The number of carbonyl (C=O) groups excluding carboxylic acids is 2. The van der Waals surface area contributed by atoms with Gasteiger partial charge in [-0.25, -0.2) is 0 Å². The lowest BCUT2D eigenvalue weighted by Crippen LogP contribution is -2.36. The molecule has 3 rings (SSSR count). The molecule has 0 radical (unpaired) electrons. The van der Waals surface area contributed by atoms with Crippen LogP contribution in [0.5, 0.6) is 0 Å². The van der Waals surface area contributed by atoms with Crippen LogP contribution in [0.4, 0.5) is 5.69 Å². The molecule has 136 valence electrons. The first kappa shape index (κ1) is 18.0. The van der Waals surface area contributed by atoms with Gasteiger partial charge in [-0.1, -0.05) is 43.4 Å². The van der Waals surface area contributed by atoms with E-state index in [-0.39, 0.29) is 23.7 Å². The lowest BCUT2D eigenvalue weighted by molar-refractivity contribution is -0.125. The Hall–Kier alpha value is -1.84. The van der Waals surface area contributed by atoms with Crippen molar-refractivity contribution in [2.24, 2.45) is 11.8 Å². The second-order valence-corrected chi connectivity index (χ2v) is 7.91. The normalized spacial score (nSPS) is 23.6. The van der Waals surface area contributed by atoms with Gasteiger partial charge in [0, 0.05) is 11.7 Å². The largest absolute Gasteiger partial charge is 0.353 e. The highest BCUT2D eigenvalue weighted by Gasteiger charge is 2.48. The van der Waals surface area contributed by atoms with Crippen molar-refractivity contribution in [1.82, 2.24) is 5.32 Å². The second-order valence-electron chi connectivity index (χ2n) is 7.91. The van der Waals surface area contributed by atoms with E-state index in [1.807, 2.05) is 13.8 Å². The molecule has 25 heavy (non-hydrogen) atoms. The number of hydrogen-bond acceptors (Lipinski definition) is 2. The second kappa shape index (κ2) is 7.59. The van der Waals surface area contributed by atoms with Gasteiger partial charge in [0.1, 0.15) is 0 Å². The van der Waals surface area contributed by atoms with Gasteiger partial charge in [0.05, 0.1) is 11.8 Å². The van der Waals surface area contributed by atoms with E-state index in [1.165, 1.54) is 31.2 Å². The molecule has 0 heterocycles. The molecular weight excluding hydrogens is 312 g/mol. The maximum absolute atomic E-state index is 12.5. The van der Waals surface area contributed by atoms with Gasteiger partial charge in [0.2, 0.25) is 11.8 Å². The minimum atomic E-state index is -0.175. The van der Waals surface area contributed by atoms with Crippen molar-refractivity contribution < 1.29 is 9.59 Å². The molecule has 0 bridgehead atoms. The number of aryl methyl sites for hydroxylation is 3. The lowest BCUT2D eigenvalue weighted by Gasteiger charge is -2.16. The van der Waals surface area contributed by atoms with E-state index in [1.54, 1.807) is 0 Å². The SMILES string of the molecule is Cc1cc(C)c(NC(=O)C2CC2C(=O)NC2CCCCCC2)c(C)c1. The summed E-state index contributed by atoms with van der Waals surface area (Å²) >= 11 is 0. The molecule has 2 atom stereocenters. The molecule has 2 fully saturated rings. The Morgan fingerprint density at radius 2 is 1.44 bits per heavy atom. The number of hydrogen-bond donors (Lipinski definition) is 2. The number of benzene rings is 1. The van der Waals surface area contributed by atoms with Gasteiger partial charge in [0.25, 0.3) is 0 Å². The summed E-state index contributed by atoms with van der Waals surface area (Å²) in [7, 11) is 0. The Bertz CT molecular complexity index is 637. The first-order valence-corrected chi connectivity index (χ1v) is 9.65. The molecule has 4 heteroatoms.